The fourth-order valence-corrected chi connectivity index (χ4v) is 3.19. The predicted octanol–water partition coefficient (Wildman–Crippen LogP) is 4.38. The molecule has 0 amide bonds. The molecule has 26 heavy (non-hydrogen) atoms. The molecule has 1 atom stereocenters. The average molecular weight is 351 g/mol. The standard InChI is InChI=1S/C22H26FN3/c1-17(16-19-7-11-21(23)12-8-19)24-14-3-4-18-5-9-20(10-6-18)22-13-15-25-26(22)2/h5-13,15,17,24H,3-4,14,16H2,1-2H3. The summed E-state index contributed by atoms with van der Waals surface area (Å²) in [5.41, 5.74) is 4.84. The van der Waals surface area contributed by atoms with Gasteiger partial charge in [-0.25, -0.2) is 4.39 Å². The second kappa shape index (κ2) is 8.77. The molecule has 2 aromatic carbocycles. The molecule has 0 radical (unpaired) electrons. The Morgan fingerprint density at radius 3 is 2.35 bits per heavy atom. The van der Waals surface area contributed by atoms with Gasteiger partial charge in [-0.15, -0.1) is 0 Å². The Morgan fingerprint density at radius 1 is 1.00 bits per heavy atom. The summed E-state index contributed by atoms with van der Waals surface area (Å²) in [6, 6.07) is 17.9. The van der Waals surface area contributed by atoms with Gasteiger partial charge >= 0.3 is 0 Å². The van der Waals surface area contributed by atoms with E-state index in [9.17, 15) is 4.39 Å². The highest BCUT2D eigenvalue weighted by Crippen LogP contribution is 2.19. The van der Waals surface area contributed by atoms with Crippen molar-refractivity contribution in [3.05, 3.63) is 77.7 Å². The maximum atomic E-state index is 12.9. The molecule has 0 saturated heterocycles. The molecular formula is C22H26FN3. The summed E-state index contributed by atoms with van der Waals surface area (Å²) in [6.07, 6.45) is 4.89. The smallest absolute Gasteiger partial charge is 0.123 e. The summed E-state index contributed by atoms with van der Waals surface area (Å²) >= 11 is 0. The number of rotatable bonds is 8. The van der Waals surface area contributed by atoms with Crippen molar-refractivity contribution in [1.82, 2.24) is 15.1 Å². The van der Waals surface area contributed by atoms with E-state index < -0.39 is 0 Å². The van der Waals surface area contributed by atoms with Crippen molar-refractivity contribution in [1.29, 1.82) is 0 Å². The van der Waals surface area contributed by atoms with Crippen LogP contribution in [0.2, 0.25) is 0 Å². The first-order valence-electron chi connectivity index (χ1n) is 9.17. The number of aryl methyl sites for hydroxylation is 2. The molecule has 3 rings (SSSR count). The largest absolute Gasteiger partial charge is 0.314 e. The zero-order chi connectivity index (χ0) is 18.4. The number of hydrogen-bond acceptors (Lipinski definition) is 2. The summed E-state index contributed by atoms with van der Waals surface area (Å²) in [5, 5.41) is 7.77. The van der Waals surface area contributed by atoms with Gasteiger partial charge in [0, 0.05) is 19.3 Å². The Balaban J connectivity index is 1.40. The van der Waals surface area contributed by atoms with E-state index in [0.29, 0.717) is 6.04 Å². The van der Waals surface area contributed by atoms with Crippen molar-refractivity contribution in [2.24, 2.45) is 7.05 Å². The minimum absolute atomic E-state index is 0.177. The summed E-state index contributed by atoms with van der Waals surface area (Å²) in [7, 11) is 1.96. The first-order chi connectivity index (χ1) is 12.6. The van der Waals surface area contributed by atoms with Gasteiger partial charge in [0.05, 0.1) is 5.69 Å². The average Bonchev–Trinajstić information content (AvgIpc) is 3.07. The van der Waals surface area contributed by atoms with Gasteiger partial charge in [0.1, 0.15) is 5.82 Å². The normalized spacial score (nSPS) is 12.3. The van der Waals surface area contributed by atoms with E-state index >= 15 is 0 Å². The van der Waals surface area contributed by atoms with Crippen LogP contribution in [-0.4, -0.2) is 22.4 Å². The van der Waals surface area contributed by atoms with Crippen molar-refractivity contribution in [3.63, 3.8) is 0 Å². The summed E-state index contributed by atoms with van der Waals surface area (Å²) in [6.45, 7) is 3.15. The SMILES string of the molecule is CC(Cc1ccc(F)cc1)NCCCc1ccc(-c2ccnn2C)cc1. The summed E-state index contributed by atoms with van der Waals surface area (Å²) < 4.78 is 14.8. The van der Waals surface area contributed by atoms with Crippen LogP contribution in [0.1, 0.15) is 24.5 Å². The molecule has 1 N–H and O–H groups in total. The lowest BCUT2D eigenvalue weighted by Crippen LogP contribution is -2.29. The van der Waals surface area contributed by atoms with E-state index in [1.165, 1.54) is 23.3 Å². The van der Waals surface area contributed by atoms with Gasteiger partial charge in [-0.2, -0.15) is 5.10 Å². The second-order valence-electron chi connectivity index (χ2n) is 6.83. The second-order valence-corrected chi connectivity index (χ2v) is 6.83. The monoisotopic (exact) mass is 351 g/mol. The summed E-state index contributed by atoms with van der Waals surface area (Å²) in [5.74, 6) is -0.177. The molecule has 1 heterocycles. The molecule has 0 aliphatic carbocycles. The van der Waals surface area contributed by atoms with E-state index in [-0.39, 0.29) is 5.82 Å². The van der Waals surface area contributed by atoms with E-state index in [1.54, 1.807) is 0 Å². The van der Waals surface area contributed by atoms with Crippen LogP contribution in [0.4, 0.5) is 4.39 Å². The number of nitrogens with one attached hydrogen (secondary N) is 1. The lowest BCUT2D eigenvalue weighted by molar-refractivity contribution is 0.533. The number of nitrogens with zero attached hydrogens (tertiary/aromatic N) is 2. The molecule has 0 aliphatic rings. The van der Waals surface area contributed by atoms with Crippen molar-refractivity contribution < 1.29 is 4.39 Å². The van der Waals surface area contributed by atoms with Gasteiger partial charge in [0.15, 0.2) is 0 Å². The Hall–Kier alpha value is -2.46. The Kier molecular flexibility index (Phi) is 6.18. The van der Waals surface area contributed by atoms with Gasteiger partial charge in [0.25, 0.3) is 0 Å². The van der Waals surface area contributed by atoms with Crippen LogP contribution in [-0.2, 0) is 19.9 Å². The van der Waals surface area contributed by atoms with Gasteiger partial charge in [-0.1, -0.05) is 36.4 Å². The van der Waals surface area contributed by atoms with Crippen molar-refractivity contribution in [2.75, 3.05) is 6.54 Å². The van der Waals surface area contributed by atoms with Crippen molar-refractivity contribution in [2.45, 2.75) is 32.2 Å². The fourth-order valence-electron chi connectivity index (χ4n) is 3.19. The Labute approximate surface area is 154 Å². The van der Waals surface area contributed by atoms with Crippen LogP contribution in [0, 0.1) is 5.82 Å². The van der Waals surface area contributed by atoms with Crippen LogP contribution < -0.4 is 5.32 Å². The topological polar surface area (TPSA) is 29.9 Å². The predicted molar refractivity (Wildman–Crippen MR) is 105 cm³/mol. The first-order valence-corrected chi connectivity index (χ1v) is 9.17. The van der Waals surface area contributed by atoms with Crippen LogP contribution in [0.25, 0.3) is 11.3 Å². The third-order valence-corrected chi connectivity index (χ3v) is 4.66. The van der Waals surface area contributed by atoms with Gasteiger partial charge in [-0.05, 0) is 67.6 Å². The highest BCUT2D eigenvalue weighted by molar-refractivity contribution is 5.59. The van der Waals surface area contributed by atoms with Crippen molar-refractivity contribution >= 4 is 0 Å². The third-order valence-electron chi connectivity index (χ3n) is 4.66. The summed E-state index contributed by atoms with van der Waals surface area (Å²) in [4.78, 5) is 0. The van der Waals surface area contributed by atoms with Gasteiger partial charge in [0.2, 0.25) is 0 Å². The number of benzene rings is 2. The lowest BCUT2D eigenvalue weighted by Gasteiger charge is -2.14. The first kappa shape index (κ1) is 18.3. The van der Waals surface area contributed by atoms with Crippen molar-refractivity contribution in [3.8, 4) is 11.3 Å². The van der Waals surface area contributed by atoms with Crippen LogP contribution in [0.15, 0.2) is 60.8 Å². The highest BCUT2D eigenvalue weighted by Gasteiger charge is 2.04. The number of hydrogen-bond donors (Lipinski definition) is 1. The molecule has 0 saturated carbocycles. The quantitative estimate of drug-likeness (QED) is 0.611. The molecule has 3 aromatic rings. The third kappa shape index (κ3) is 5.02. The van der Waals surface area contributed by atoms with E-state index in [1.807, 2.05) is 36.1 Å². The Morgan fingerprint density at radius 2 is 1.69 bits per heavy atom. The fraction of sp³-hybridized carbons (Fsp3) is 0.318. The van der Waals surface area contributed by atoms with Gasteiger partial charge < -0.3 is 5.32 Å². The zero-order valence-corrected chi connectivity index (χ0v) is 15.5. The van der Waals surface area contributed by atoms with E-state index in [4.69, 9.17) is 0 Å². The number of halogens is 1. The Bertz CT molecular complexity index is 806. The molecule has 136 valence electrons. The maximum absolute atomic E-state index is 12.9. The lowest BCUT2D eigenvalue weighted by atomic mass is 10.0. The molecule has 0 aliphatic heterocycles. The molecule has 4 heteroatoms. The molecule has 1 aromatic heterocycles. The molecule has 1 unspecified atom stereocenters. The molecule has 0 bridgehead atoms. The number of aromatic nitrogens is 2. The van der Waals surface area contributed by atoms with E-state index in [0.717, 1.165) is 37.1 Å². The molecular weight excluding hydrogens is 325 g/mol. The molecule has 0 fully saturated rings. The molecule has 3 nitrogen and oxygen atoms in total. The van der Waals surface area contributed by atoms with Crippen LogP contribution >= 0.6 is 0 Å². The van der Waals surface area contributed by atoms with Crippen LogP contribution in [0.3, 0.4) is 0 Å². The molecule has 0 spiro atoms. The van der Waals surface area contributed by atoms with E-state index in [2.05, 4.69) is 41.6 Å². The van der Waals surface area contributed by atoms with Crippen LogP contribution in [0.5, 0.6) is 0 Å². The maximum Gasteiger partial charge on any atom is 0.123 e. The minimum atomic E-state index is -0.177. The zero-order valence-electron chi connectivity index (χ0n) is 15.5. The van der Waals surface area contributed by atoms with Gasteiger partial charge in [-0.3, -0.25) is 4.68 Å². The highest BCUT2D eigenvalue weighted by atomic mass is 19.1. The minimum Gasteiger partial charge on any atom is -0.314 e.